The molecule has 4 rings (SSSR count). The molecule has 2 N–H and O–H groups in total. The molecule has 0 saturated carbocycles. The van der Waals surface area contributed by atoms with Gasteiger partial charge in [0.1, 0.15) is 0 Å². The number of nitrogens with zero attached hydrogens (tertiary/aromatic N) is 2. The van der Waals surface area contributed by atoms with E-state index in [1.54, 1.807) is 25.2 Å². The molecule has 1 aromatic carbocycles. The highest BCUT2D eigenvalue weighted by molar-refractivity contribution is 6.06. The van der Waals surface area contributed by atoms with E-state index in [0.29, 0.717) is 24.4 Å². The van der Waals surface area contributed by atoms with Gasteiger partial charge in [0.25, 0.3) is 0 Å². The van der Waals surface area contributed by atoms with Crippen LogP contribution in [0.4, 0.5) is 0 Å². The lowest BCUT2D eigenvalue weighted by atomic mass is 9.87. The van der Waals surface area contributed by atoms with Gasteiger partial charge in [0.05, 0.1) is 12.2 Å². The molecule has 0 fully saturated rings. The van der Waals surface area contributed by atoms with Crippen LogP contribution in [0, 0.1) is 16.7 Å². The lowest BCUT2D eigenvalue weighted by Gasteiger charge is -2.20. The molecule has 0 saturated heterocycles. The fourth-order valence-corrected chi connectivity index (χ4v) is 5.69. The third-order valence-electron chi connectivity index (χ3n) is 7.83. The topological polar surface area (TPSA) is 89.5 Å². The maximum Gasteiger partial charge on any atom is 0.160 e. The first-order valence-electron chi connectivity index (χ1n) is 15.1. The fraction of sp³-hybridized carbons (Fsp3) is 0.289. The van der Waals surface area contributed by atoms with Crippen LogP contribution in [-0.2, 0) is 11.2 Å². The van der Waals surface area contributed by atoms with E-state index < -0.39 is 0 Å². The number of carbonyl (C=O) groups is 1. The highest BCUT2D eigenvalue weighted by Gasteiger charge is 2.18. The van der Waals surface area contributed by atoms with Crippen molar-refractivity contribution in [3.05, 3.63) is 125 Å². The minimum atomic E-state index is -0.0330. The van der Waals surface area contributed by atoms with Crippen molar-refractivity contribution < 1.29 is 4.79 Å². The molecule has 1 aromatic rings. The van der Waals surface area contributed by atoms with E-state index in [0.717, 1.165) is 77.6 Å². The Hall–Kier alpha value is -4.51. The lowest BCUT2D eigenvalue weighted by Crippen LogP contribution is -2.12. The second kappa shape index (κ2) is 15.6. The van der Waals surface area contributed by atoms with E-state index >= 15 is 0 Å². The summed E-state index contributed by atoms with van der Waals surface area (Å²) in [6, 6.07) is 6.06. The molecular formula is C38H42N4O. The summed E-state index contributed by atoms with van der Waals surface area (Å²) in [7, 11) is 0. The average molecular weight is 571 g/mol. The molecular weight excluding hydrogens is 528 g/mol. The number of nitrogens with one attached hydrogen (secondary N) is 2. The number of allylic oxidation sites excluding steroid dienone is 12. The van der Waals surface area contributed by atoms with E-state index in [9.17, 15) is 4.79 Å². The molecule has 0 radical (unpaired) electrons. The Labute approximate surface area is 256 Å². The number of hydrogen-bond acceptors (Lipinski definition) is 5. The average Bonchev–Trinajstić information content (AvgIpc) is 2.95. The molecule has 1 unspecified atom stereocenters. The number of aliphatic imine (C=N–C) groups is 2. The second-order valence-electron chi connectivity index (χ2n) is 11.3. The summed E-state index contributed by atoms with van der Waals surface area (Å²) in [4.78, 5) is 22.2. The van der Waals surface area contributed by atoms with E-state index in [4.69, 9.17) is 15.8 Å². The predicted octanol–water partition coefficient (Wildman–Crippen LogP) is 8.71. The van der Waals surface area contributed by atoms with Crippen molar-refractivity contribution >= 4 is 35.2 Å². The minimum Gasteiger partial charge on any atom is -0.309 e. The van der Waals surface area contributed by atoms with Gasteiger partial charge in [-0.15, -0.1) is 0 Å². The molecule has 2 aliphatic heterocycles. The highest BCUT2D eigenvalue weighted by Crippen LogP contribution is 2.32. The molecule has 0 amide bonds. The Bertz CT molecular complexity index is 1540. The summed E-state index contributed by atoms with van der Waals surface area (Å²) < 4.78 is 0. The van der Waals surface area contributed by atoms with Gasteiger partial charge in [-0.2, -0.15) is 0 Å². The van der Waals surface area contributed by atoms with Crippen LogP contribution < -0.4 is 0 Å². The Balaban J connectivity index is 1.45. The minimum absolute atomic E-state index is 0.0330. The maximum absolute atomic E-state index is 12.9. The third kappa shape index (κ3) is 8.99. The zero-order valence-electron chi connectivity index (χ0n) is 25.2. The number of fused-ring (bicyclic) bond motifs is 1. The second-order valence-corrected chi connectivity index (χ2v) is 11.3. The van der Waals surface area contributed by atoms with Gasteiger partial charge in [0, 0.05) is 47.8 Å². The maximum atomic E-state index is 12.9. The molecule has 220 valence electrons. The summed E-state index contributed by atoms with van der Waals surface area (Å²) in [5.74, 6) is 0.221. The van der Waals surface area contributed by atoms with E-state index in [1.165, 1.54) is 5.57 Å². The van der Waals surface area contributed by atoms with Gasteiger partial charge in [-0.25, -0.2) is 0 Å². The van der Waals surface area contributed by atoms with Gasteiger partial charge in [-0.05, 0) is 91.0 Å². The molecule has 0 aromatic heterocycles. The zero-order chi connectivity index (χ0) is 30.6. The van der Waals surface area contributed by atoms with Crippen LogP contribution in [0.15, 0.2) is 118 Å². The predicted molar refractivity (Wildman–Crippen MR) is 183 cm³/mol. The van der Waals surface area contributed by atoms with Gasteiger partial charge >= 0.3 is 0 Å². The number of rotatable bonds is 10. The molecule has 2 heterocycles. The number of benzene rings is 1. The Kier molecular flexibility index (Phi) is 11.4. The van der Waals surface area contributed by atoms with Crippen LogP contribution in [0.25, 0.3) is 5.57 Å². The van der Waals surface area contributed by atoms with Gasteiger partial charge in [-0.3, -0.25) is 14.8 Å². The van der Waals surface area contributed by atoms with E-state index in [1.807, 2.05) is 54.9 Å². The van der Waals surface area contributed by atoms with Gasteiger partial charge in [0.15, 0.2) is 5.78 Å². The van der Waals surface area contributed by atoms with Gasteiger partial charge in [-0.1, -0.05) is 74.2 Å². The fourth-order valence-electron chi connectivity index (χ4n) is 5.69. The highest BCUT2D eigenvalue weighted by atomic mass is 16.1. The van der Waals surface area contributed by atoms with Crippen LogP contribution in [0.3, 0.4) is 0 Å². The molecule has 1 aliphatic carbocycles. The largest absolute Gasteiger partial charge is 0.309 e. The number of ketones is 1. The van der Waals surface area contributed by atoms with Crippen molar-refractivity contribution in [3.8, 4) is 0 Å². The van der Waals surface area contributed by atoms with Crippen molar-refractivity contribution in [2.45, 2.75) is 58.3 Å². The lowest BCUT2D eigenvalue weighted by molar-refractivity contribution is -0.113. The normalized spacial score (nSPS) is 24.4. The summed E-state index contributed by atoms with van der Waals surface area (Å²) in [5.41, 5.74) is 9.29. The standard InChI is InChI=1S/C38H42N4O/c1-4-10-32-25-41-26-33-15-9-14-31(37(32)33)23-34(40)24-35(43)20-18-29-12-5-6-13-30(19-17-29)38-36(21-16-28(3)39)27(2)11-7-8-22-42-38/h4,7-10,14-16,18-22,26,29,39-40H,1-2,5-6,11-13,17,23-25H2,3H3/b8-7+,20-18+,21-16-,30-19-,32-10-,38-36-,39-28?,40-34?,42-22-. The van der Waals surface area contributed by atoms with Crippen LogP contribution in [0.5, 0.6) is 0 Å². The monoisotopic (exact) mass is 570 g/mol. The Morgan fingerprint density at radius 2 is 2.05 bits per heavy atom. The van der Waals surface area contributed by atoms with E-state index in [-0.39, 0.29) is 18.1 Å². The molecule has 43 heavy (non-hydrogen) atoms. The summed E-state index contributed by atoms with van der Waals surface area (Å²) in [6.45, 7) is 10.5. The number of hydrogen-bond donors (Lipinski definition) is 2. The first kappa shape index (κ1) is 31.4. The van der Waals surface area contributed by atoms with Crippen LogP contribution in [-0.4, -0.2) is 36.2 Å². The third-order valence-corrected chi connectivity index (χ3v) is 7.83. The van der Waals surface area contributed by atoms with Crippen molar-refractivity contribution in [1.82, 2.24) is 0 Å². The Morgan fingerprint density at radius 3 is 2.86 bits per heavy atom. The quantitative estimate of drug-likeness (QED) is 0.214. The summed E-state index contributed by atoms with van der Waals surface area (Å²) >= 11 is 0. The van der Waals surface area contributed by atoms with Gasteiger partial charge in [0.2, 0.25) is 0 Å². The number of carbonyl (C=O) groups excluding carboxylic acids is 1. The molecule has 5 nitrogen and oxygen atoms in total. The molecule has 3 aliphatic rings. The first-order chi connectivity index (χ1) is 20.9. The first-order valence-corrected chi connectivity index (χ1v) is 15.1. The molecule has 1 atom stereocenters. The Morgan fingerprint density at radius 1 is 1.19 bits per heavy atom. The molecule has 0 bridgehead atoms. The van der Waals surface area contributed by atoms with Crippen molar-refractivity contribution in [2.24, 2.45) is 15.9 Å². The summed E-state index contributed by atoms with van der Waals surface area (Å²) in [6.07, 6.45) is 27.5. The smallest absolute Gasteiger partial charge is 0.160 e. The van der Waals surface area contributed by atoms with Crippen LogP contribution >= 0.6 is 0 Å². The molecule has 0 spiro atoms. The van der Waals surface area contributed by atoms with Crippen molar-refractivity contribution in [2.75, 3.05) is 6.54 Å². The molecule has 5 heteroatoms. The van der Waals surface area contributed by atoms with Crippen molar-refractivity contribution in [3.63, 3.8) is 0 Å². The van der Waals surface area contributed by atoms with Gasteiger partial charge < -0.3 is 10.8 Å². The van der Waals surface area contributed by atoms with Crippen LogP contribution in [0.2, 0.25) is 0 Å². The van der Waals surface area contributed by atoms with Crippen molar-refractivity contribution in [1.29, 1.82) is 10.8 Å². The van der Waals surface area contributed by atoms with Crippen LogP contribution in [0.1, 0.15) is 68.6 Å². The SMILES string of the molecule is C=C/C=C1/CN=Cc2cccc(CC(=N)CC(=O)/C=C/C3C\C=C(C4=C(\C=C/C(C)=N)C(=C)C/C=C/C=N\4)\CCCC3)c21. The zero-order valence-corrected chi connectivity index (χ0v) is 25.2. The van der Waals surface area contributed by atoms with E-state index in [2.05, 4.69) is 30.3 Å². The summed E-state index contributed by atoms with van der Waals surface area (Å²) in [5, 5.41) is 16.5.